The lowest BCUT2D eigenvalue weighted by Crippen LogP contribution is -2.43. The van der Waals surface area contributed by atoms with Gasteiger partial charge in [0.1, 0.15) is 6.04 Å². The van der Waals surface area contributed by atoms with Gasteiger partial charge in [0.2, 0.25) is 5.91 Å². The molecular weight excluding hydrogens is 212 g/mol. The van der Waals surface area contributed by atoms with E-state index in [-0.39, 0.29) is 5.91 Å². The third kappa shape index (κ3) is 2.86. The Balaban J connectivity index is 1.87. The molecule has 1 aliphatic rings. The molecule has 1 saturated carbocycles. The Morgan fingerprint density at radius 2 is 2.06 bits per heavy atom. The molecule has 0 aliphatic heterocycles. The third-order valence-corrected chi connectivity index (χ3v) is 3.69. The van der Waals surface area contributed by atoms with Gasteiger partial charge >= 0.3 is 0 Å². The number of nitrogens with two attached hydrogens (primary N) is 1. The van der Waals surface area contributed by atoms with Crippen molar-refractivity contribution in [1.29, 1.82) is 0 Å². The summed E-state index contributed by atoms with van der Waals surface area (Å²) in [6, 6.07) is 8.93. The van der Waals surface area contributed by atoms with Crippen molar-refractivity contribution in [3.05, 3.63) is 35.9 Å². The van der Waals surface area contributed by atoms with Gasteiger partial charge in [-0.05, 0) is 23.8 Å². The third-order valence-electron chi connectivity index (χ3n) is 3.69. The molecule has 0 aromatic heterocycles. The molecule has 17 heavy (non-hydrogen) atoms. The van der Waals surface area contributed by atoms with E-state index in [1.54, 1.807) is 0 Å². The fourth-order valence-electron chi connectivity index (χ4n) is 2.18. The predicted octanol–water partition coefficient (Wildman–Crippen LogP) is 1.99. The molecule has 3 heteroatoms. The van der Waals surface area contributed by atoms with Crippen molar-refractivity contribution >= 4 is 5.91 Å². The van der Waals surface area contributed by atoms with Crippen LogP contribution < -0.4 is 11.1 Å². The SMILES string of the molecule is CC1(CNC(=O)[C@H](N)c2ccccc2)CCC1. The summed E-state index contributed by atoms with van der Waals surface area (Å²) in [6.45, 7) is 2.96. The highest BCUT2D eigenvalue weighted by Gasteiger charge is 2.32. The largest absolute Gasteiger partial charge is 0.354 e. The van der Waals surface area contributed by atoms with Crippen LogP contribution in [0.5, 0.6) is 0 Å². The van der Waals surface area contributed by atoms with Crippen LogP contribution in [0.15, 0.2) is 30.3 Å². The first-order valence-electron chi connectivity index (χ1n) is 6.19. The minimum Gasteiger partial charge on any atom is -0.354 e. The molecule has 0 spiro atoms. The van der Waals surface area contributed by atoms with E-state index in [9.17, 15) is 4.79 Å². The van der Waals surface area contributed by atoms with Crippen LogP contribution in [-0.4, -0.2) is 12.5 Å². The highest BCUT2D eigenvalue weighted by Crippen LogP contribution is 2.39. The summed E-state index contributed by atoms with van der Waals surface area (Å²) in [4.78, 5) is 11.9. The van der Waals surface area contributed by atoms with Crippen molar-refractivity contribution in [3.63, 3.8) is 0 Å². The molecule has 0 radical (unpaired) electrons. The second-order valence-electron chi connectivity index (χ2n) is 5.27. The zero-order valence-corrected chi connectivity index (χ0v) is 10.3. The quantitative estimate of drug-likeness (QED) is 0.834. The average Bonchev–Trinajstić information content (AvgIpc) is 2.33. The maximum Gasteiger partial charge on any atom is 0.241 e. The monoisotopic (exact) mass is 232 g/mol. The van der Waals surface area contributed by atoms with E-state index >= 15 is 0 Å². The van der Waals surface area contributed by atoms with Gasteiger partial charge in [0.25, 0.3) is 0 Å². The second-order valence-corrected chi connectivity index (χ2v) is 5.27. The summed E-state index contributed by atoms with van der Waals surface area (Å²) in [5.41, 5.74) is 7.08. The number of rotatable bonds is 4. The van der Waals surface area contributed by atoms with Crippen LogP contribution in [-0.2, 0) is 4.79 Å². The van der Waals surface area contributed by atoms with Gasteiger partial charge in [0, 0.05) is 6.54 Å². The van der Waals surface area contributed by atoms with Gasteiger partial charge in [-0.2, -0.15) is 0 Å². The van der Waals surface area contributed by atoms with Crippen LogP contribution in [0.1, 0.15) is 37.8 Å². The van der Waals surface area contributed by atoms with E-state index in [4.69, 9.17) is 5.73 Å². The Morgan fingerprint density at radius 1 is 1.41 bits per heavy atom. The minimum atomic E-state index is -0.556. The predicted molar refractivity (Wildman–Crippen MR) is 68.3 cm³/mol. The summed E-state index contributed by atoms with van der Waals surface area (Å²) in [6.07, 6.45) is 3.68. The van der Waals surface area contributed by atoms with Gasteiger partial charge in [-0.15, -0.1) is 0 Å². The minimum absolute atomic E-state index is 0.0793. The zero-order chi connectivity index (χ0) is 12.3. The van der Waals surface area contributed by atoms with E-state index in [2.05, 4.69) is 12.2 Å². The molecule has 3 nitrogen and oxygen atoms in total. The van der Waals surface area contributed by atoms with Crippen LogP contribution >= 0.6 is 0 Å². The molecule has 2 rings (SSSR count). The Hall–Kier alpha value is -1.35. The molecule has 0 unspecified atom stereocenters. The highest BCUT2D eigenvalue weighted by molar-refractivity contribution is 5.82. The molecule has 3 N–H and O–H groups in total. The first-order chi connectivity index (χ1) is 8.11. The summed E-state index contributed by atoms with van der Waals surface area (Å²) in [5, 5.41) is 2.96. The van der Waals surface area contributed by atoms with Crippen molar-refractivity contribution in [1.82, 2.24) is 5.32 Å². The standard InChI is InChI=1S/C14H20N2O/c1-14(8-5-9-14)10-16-13(17)12(15)11-6-3-2-4-7-11/h2-4,6-7,12H,5,8-10,15H2,1H3,(H,16,17)/t12-/m1/s1. The summed E-state index contributed by atoms with van der Waals surface area (Å²) < 4.78 is 0. The second kappa shape index (κ2) is 4.88. The number of carbonyl (C=O) groups excluding carboxylic acids is 1. The average molecular weight is 232 g/mol. The van der Waals surface area contributed by atoms with Crippen molar-refractivity contribution in [2.24, 2.45) is 11.1 Å². The Bertz CT molecular complexity index is 384. The van der Waals surface area contributed by atoms with Gasteiger partial charge in [-0.25, -0.2) is 0 Å². The van der Waals surface area contributed by atoms with Gasteiger partial charge in [-0.3, -0.25) is 4.79 Å². The van der Waals surface area contributed by atoms with Crippen molar-refractivity contribution in [3.8, 4) is 0 Å². The number of benzene rings is 1. The van der Waals surface area contributed by atoms with E-state index < -0.39 is 6.04 Å². The molecule has 0 bridgehead atoms. The van der Waals surface area contributed by atoms with Gasteiger partial charge in [-0.1, -0.05) is 43.7 Å². The molecule has 1 aromatic carbocycles. The van der Waals surface area contributed by atoms with Crippen LogP contribution in [0.2, 0.25) is 0 Å². The molecular formula is C14H20N2O. The van der Waals surface area contributed by atoms with Crippen molar-refractivity contribution in [2.45, 2.75) is 32.2 Å². The zero-order valence-electron chi connectivity index (χ0n) is 10.3. The molecule has 1 fully saturated rings. The number of hydrogen-bond acceptors (Lipinski definition) is 2. The van der Waals surface area contributed by atoms with Crippen LogP contribution in [0.4, 0.5) is 0 Å². The van der Waals surface area contributed by atoms with Gasteiger partial charge in [0.05, 0.1) is 0 Å². The molecule has 92 valence electrons. The molecule has 1 aliphatic carbocycles. The van der Waals surface area contributed by atoms with Crippen molar-refractivity contribution < 1.29 is 4.79 Å². The number of hydrogen-bond donors (Lipinski definition) is 2. The molecule has 0 saturated heterocycles. The number of carbonyl (C=O) groups is 1. The van der Waals surface area contributed by atoms with Crippen LogP contribution in [0.25, 0.3) is 0 Å². The van der Waals surface area contributed by atoms with Gasteiger partial charge in [0.15, 0.2) is 0 Å². The Labute approximate surface area is 102 Å². The van der Waals surface area contributed by atoms with Crippen molar-refractivity contribution in [2.75, 3.05) is 6.54 Å². The summed E-state index contributed by atoms with van der Waals surface area (Å²) >= 11 is 0. The number of amides is 1. The maximum absolute atomic E-state index is 11.9. The molecule has 0 heterocycles. The van der Waals surface area contributed by atoms with Gasteiger partial charge < -0.3 is 11.1 Å². The normalized spacial score (nSPS) is 19.2. The van der Waals surface area contributed by atoms with E-state index in [1.165, 1.54) is 19.3 Å². The lowest BCUT2D eigenvalue weighted by atomic mass is 9.70. The Morgan fingerprint density at radius 3 is 2.59 bits per heavy atom. The lowest BCUT2D eigenvalue weighted by molar-refractivity contribution is -0.123. The van der Waals surface area contributed by atoms with Crippen LogP contribution in [0, 0.1) is 5.41 Å². The maximum atomic E-state index is 11.9. The van der Waals surface area contributed by atoms with Crippen LogP contribution in [0.3, 0.4) is 0 Å². The van der Waals surface area contributed by atoms with E-state index in [0.29, 0.717) is 5.41 Å². The lowest BCUT2D eigenvalue weighted by Gasteiger charge is -2.38. The molecule has 1 amide bonds. The fraction of sp³-hybridized carbons (Fsp3) is 0.500. The smallest absolute Gasteiger partial charge is 0.241 e. The summed E-state index contributed by atoms with van der Waals surface area (Å²) in [5.74, 6) is -0.0793. The molecule has 1 atom stereocenters. The van der Waals surface area contributed by atoms with E-state index in [0.717, 1.165) is 12.1 Å². The first-order valence-corrected chi connectivity index (χ1v) is 6.19. The first kappa shape index (κ1) is 12.1. The van der Waals surface area contributed by atoms with E-state index in [1.807, 2.05) is 30.3 Å². The summed E-state index contributed by atoms with van der Waals surface area (Å²) in [7, 11) is 0. The molecule has 1 aromatic rings. The Kier molecular flexibility index (Phi) is 3.48. The fourth-order valence-corrected chi connectivity index (χ4v) is 2.18. The number of nitrogens with one attached hydrogen (secondary N) is 1. The topological polar surface area (TPSA) is 55.1 Å². The highest BCUT2D eigenvalue weighted by atomic mass is 16.2.